The molecule has 0 bridgehead atoms. The van der Waals surface area contributed by atoms with Gasteiger partial charge in [0.05, 0.1) is 6.54 Å². The second kappa shape index (κ2) is 12.9. The van der Waals surface area contributed by atoms with Gasteiger partial charge < -0.3 is 26.4 Å². The fourth-order valence-corrected chi connectivity index (χ4v) is 3.56. The van der Waals surface area contributed by atoms with Crippen molar-refractivity contribution in [3.63, 3.8) is 0 Å². The van der Waals surface area contributed by atoms with E-state index in [0.717, 1.165) is 37.8 Å². The smallest absolute Gasteiger partial charge is 0.243 e. The molecule has 0 radical (unpaired) electrons. The van der Waals surface area contributed by atoms with Crippen LogP contribution in [0.2, 0.25) is 0 Å². The fraction of sp³-hybridized carbons (Fsp3) is 0.609. The van der Waals surface area contributed by atoms with Gasteiger partial charge in [0.15, 0.2) is 0 Å². The predicted molar refractivity (Wildman–Crippen MR) is 119 cm³/mol. The van der Waals surface area contributed by atoms with Crippen LogP contribution >= 0.6 is 0 Å². The number of hydrogen-bond acceptors (Lipinski definition) is 5. The summed E-state index contributed by atoms with van der Waals surface area (Å²) in [6.07, 6.45) is 4.64. The lowest BCUT2D eigenvalue weighted by molar-refractivity contribution is -0.132. The highest BCUT2D eigenvalue weighted by atomic mass is 16.3. The number of benzene rings is 1. The maximum Gasteiger partial charge on any atom is 0.243 e. The van der Waals surface area contributed by atoms with Crippen LogP contribution in [0.3, 0.4) is 0 Å². The average molecular weight is 433 g/mol. The molecule has 1 fully saturated rings. The molecule has 3 amide bonds. The Labute approximate surface area is 184 Å². The highest BCUT2D eigenvalue weighted by Crippen LogP contribution is 2.12. The second-order valence-electron chi connectivity index (χ2n) is 8.56. The number of rotatable bonds is 4. The van der Waals surface area contributed by atoms with Gasteiger partial charge in [0.25, 0.3) is 0 Å². The van der Waals surface area contributed by atoms with E-state index in [-0.39, 0.29) is 36.4 Å². The number of carbonyl (C=O) groups is 3. The molecular weight excluding hydrogens is 396 g/mol. The predicted octanol–water partition coefficient (Wildman–Crippen LogP) is 1.23. The summed E-state index contributed by atoms with van der Waals surface area (Å²) in [5, 5.41) is 21.2. The van der Waals surface area contributed by atoms with Gasteiger partial charge in [-0.3, -0.25) is 14.4 Å². The Morgan fingerprint density at radius 2 is 1.58 bits per heavy atom. The topological polar surface area (TPSA) is 120 Å². The molecule has 2 atom stereocenters. The van der Waals surface area contributed by atoms with Crippen molar-refractivity contribution >= 4 is 17.7 Å². The highest BCUT2D eigenvalue weighted by molar-refractivity contribution is 5.92. The van der Waals surface area contributed by atoms with Gasteiger partial charge in [-0.1, -0.05) is 38.8 Å². The minimum atomic E-state index is -0.825. The first-order valence-electron chi connectivity index (χ1n) is 11.2. The van der Waals surface area contributed by atoms with Crippen molar-refractivity contribution in [3.05, 3.63) is 29.8 Å². The first kappa shape index (κ1) is 24.7. The molecule has 5 N–H and O–H groups in total. The minimum Gasteiger partial charge on any atom is -0.508 e. The third-order valence-electron chi connectivity index (χ3n) is 5.23. The summed E-state index contributed by atoms with van der Waals surface area (Å²) in [5.74, 6) is -0.500. The number of carbonyl (C=O) groups excluding carboxylic acids is 3. The van der Waals surface area contributed by atoms with Crippen molar-refractivity contribution in [1.29, 1.82) is 0 Å². The molecular formula is C23H36N4O4. The molecule has 1 heterocycles. The van der Waals surface area contributed by atoms with Crippen molar-refractivity contribution in [2.45, 2.75) is 64.5 Å². The molecule has 0 saturated carbocycles. The maximum atomic E-state index is 13.1. The molecule has 0 spiro atoms. The Balaban J connectivity index is 2.17. The Kier molecular flexibility index (Phi) is 10.3. The highest BCUT2D eigenvalue weighted by Gasteiger charge is 2.27. The minimum absolute atomic E-state index is 0.132. The molecule has 1 aromatic carbocycles. The summed E-state index contributed by atoms with van der Waals surface area (Å²) in [4.78, 5) is 38.2. The SMILES string of the molecule is CC(C)C[C@@H]1NC(=O)[C@@H](Cc2ccc(O)cc2)NC(=O)CNCCCCCCNC1=O. The third-order valence-corrected chi connectivity index (χ3v) is 5.23. The van der Waals surface area contributed by atoms with E-state index in [1.165, 1.54) is 0 Å². The van der Waals surface area contributed by atoms with Crippen LogP contribution in [0, 0.1) is 5.92 Å². The largest absolute Gasteiger partial charge is 0.508 e. The zero-order valence-electron chi connectivity index (χ0n) is 18.6. The summed E-state index contributed by atoms with van der Waals surface area (Å²) in [5.41, 5.74) is 0.797. The standard InChI is InChI=1S/C23H36N4O4/c1-16(2)13-19-22(30)25-12-6-4-3-5-11-24-15-21(29)26-20(23(31)27-19)14-17-7-9-18(28)10-8-17/h7-10,16,19-20,24,28H,3-6,11-15H2,1-2H3,(H,25,30)(H,26,29)(H,27,31)/t19-,20+/m0/s1. The van der Waals surface area contributed by atoms with Crippen molar-refractivity contribution in [2.24, 2.45) is 5.92 Å². The van der Waals surface area contributed by atoms with E-state index in [2.05, 4.69) is 21.3 Å². The number of hydrogen-bond donors (Lipinski definition) is 5. The Morgan fingerprint density at radius 1 is 0.903 bits per heavy atom. The number of phenols is 1. The zero-order valence-corrected chi connectivity index (χ0v) is 18.6. The average Bonchev–Trinajstić information content (AvgIpc) is 2.72. The first-order chi connectivity index (χ1) is 14.8. The Bertz CT molecular complexity index is 721. The van der Waals surface area contributed by atoms with Gasteiger partial charge in [0.1, 0.15) is 17.8 Å². The van der Waals surface area contributed by atoms with Crippen LogP contribution in [0.25, 0.3) is 0 Å². The fourth-order valence-electron chi connectivity index (χ4n) is 3.56. The molecule has 1 aromatic rings. The number of amides is 3. The summed E-state index contributed by atoms with van der Waals surface area (Å²) >= 11 is 0. The molecule has 0 unspecified atom stereocenters. The molecule has 0 aromatic heterocycles. The zero-order chi connectivity index (χ0) is 22.6. The molecule has 2 rings (SSSR count). The molecule has 8 heteroatoms. The van der Waals surface area contributed by atoms with E-state index < -0.39 is 18.0 Å². The van der Waals surface area contributed by atoms with E-state index in [9.17, 15) is 19.5 Å². The monoisotopic (exact) mass is 432 g/mol. The van der Waals surface area contributed by atoms with Gasteiger partial charge in [-0.05, 0) is 49.4 Å². The van der Waals surface area contributed by atoms with Crippen LogP contribution in [0.15, 0.2) is 24.3 Å². The van der Waals surface area contributed by atoms with Crippen LogP contribution < -0.4 is 21.3 Å². The van der Waals surface area contributed by atoms with Crippen LogP contribution in [0.5, 0.6) is 5.75 Å². The first-order valence-corrected chi connectivity index (χ1v) is 11.2. The molecule has 0 aliphatic carbocycles. The van der Waals surface area contributed by atoms with Crippen LogP contribution in [0.1, 0.15) is 51.5 Å². The number of phenolic OH excluding ortho intramolecular Hbond substituents is 1. The molecule has 31 heavy (non-hydrogen) atoms. The second-order valence-corrected chi connectivity index (χ2v) is 8.56. The van der Waals surface area contributed by atoms with E-state index in [1.807, 2.05) is 13.8 Å². The third kappa shape index (κ3) is 9.38. The number of aromatic hydroxyl groups is 1. The van der Waals surface area contributed by atoms with E-state index in [0.29, 0.717) is 13.0 Å². The lowest BCUT2D eigenvalue weighted by Crippen LogP contribution is -2.55. The van der Waals surface area contributed by atoms with Crippen LogP contribution in [0.4, 0.5) is 0 Å². The molecule has 1 saturated heterocycles. The van der Waals surface area contributed by atoms with Gasteiger partial charge >= 0.3 is 0 Å². The van der Waals surface area contributed by atoms with Gasteiger partial charge in [0.2, 0.25) is 17.7 Å². The lowest BCUT2D eigenvalue weighted by atomic mass is 10.0. The lowest BCUT2D eigenvalue weighted by Gasteiger charge is -2.24. The number of nitrogens with one attached hydrogen (secondary N) is 4. The van der Waals surface area contributed by atoms with Crippen molar-refractivity contribution in [3.8, 4) is 5.75 Å². The quantitative estimate of drug-likeness (QED) is 0.490. The van der Waals surface area contributed by atoms with E-state index in [1.54, 1.807) is 24.3 Å². The molecule has 1 aliphatic heterocycles. The van der Waals surface area contributed by atoms with Gasteiger partial charge in [-0.25, -0.2) is 0 Å². The summed E-state index contributed by atoms with van der Waals surface area (Å²) in [6.45, 7) is 5.45. The maximum absolute atomic E-state index is 13.1. The Hall–Kier alpha value is -2.61. The summed E-state index contributed by atoms with van der Waals surface area (Å²) in [7, 11) is 0. The van der Waals surface area contributed by atoms with Crippen molar-refractivity contribution in [2.75, 3.05) is 19.6 Å². The van der Waals surface area contributed by atoms with Gasteiger partial charge in [0, 0.05) is 13.0 Å². The molecule has 172 valence electrons. The van der Waals surface area contributed by atoms with E-state index >= 15 is 0 Å². The van der Waals surface area contributed by atoms with Gasteiger partial charge in [-0.2, -0.15) is 0 Å². The Morgan fingerprint density at radius 3 is 2.26 bits per heavy atom. The molecule has 1 aliphatic rings. The molecule has 8 nitrogen and oxygen atoms in total. The van der Waals surface area contributed by atoms with Crippen molar-refractivity contribution in [1.82, 2.24) is 21.3 Å². The van der Waals surface area contributed by atoms with Crippen LogP contribution in [-0.2, 0) is 20.8 Å². The van der Waals surface area contributed by atoms with Crippen molar-refractivity contribution < 1.29 is 19.5 Å². The van der Waals surface area contributed by atoms with Crippen LogP contribution in [-0.4, -0.2) is 54.5 Å². The van der Waals surface area contributed by atoms with Gasteiger partial charge in [-0.15, -0.1) is 0 Å². The summed E-state index contributed by atoms with van der Waals surface area (Å²) in [6, 6.07) is 5.03. The summed E-state index contributed by atoms with van der Waals surface area (Å²) < 4.78 is 0. The normalized spacial score (nSPS) is 22.5. The van der Waals surface area contributed by atoms with E-state index in [4.69, 9.17) is 0 Å².